The van der Waals surface area contributed by atoms with Crippen molar-refractivity contribution in [3.8, 4) is 0 Å². The highest BCUT2D eigenvalue weighted by atomic mass is 16.3. The molecule has 0 aliphatic rings. The van der Waals surface area contributed by atoms with E-state index in [4.69, 9.17) is 5.11 Å². The molecule has 1 unspecified atom stereocenters. The van der Waals surface area contributed by atoms with E-state index in [1.165, 1.54) is 5.52 Å². The van der Waals surface area contributed by atoms with Crippen LogP contribution >= 0.6 is 0 Å². The molecule has 1 heterocycles. The number of benzene rings is 1. The summed E-state index contributed by atoms with van der Waals surface area (Å²) >= 11 is 0. The Morgan fingerprint density at radius 2 is 2.12 bits per heavy atom. The van der Waals surface area contributed by atoms with Crippen molar-refractivity contribution in [2.24, 2.45) is 5.92 Å². The average Bonchev–Trinajstić information content (AvgIpc) is 2.73. The lowest BCUT2D eigenvalue weighted by Gasteiger charge is -2.09. The van der Waals surface area contributed by atoms with E-state index < -0.39 is 0 Å². The van der Waals surface area contributed by atoms with Gasteiger partial charge >= 0.3 is 0 Å². The third-order valence-electron chi connectivity index (χ3n) is 3.22. The molecule has 1 atom stereocenters. The maximum Gasteiger partial charge on any atom is 0.109 e. The van der Waals surface area contributed by atoms with Crippen molar-refractivity contribution in [2.75, 3.05) is 6.61 Å². The third-order valence-corrected chi connectivity index (χ3v) is 3.22. The summed E-state index contributed by atoms with van der Waals surface area (Å²) in [4.78, 5) is 4.67. The first-order chi connectivity index (χ1) is 8.26. The van der Waals surface area contributed by atoms with Gasteiger partial charge in [-0.3, -0.25) is 0 Å². The van der Waals surface area contributed by atoms with Crippen LogP contribution in [-0.2, 0) is 13.0 Å². The van der Waals surface area contributed by atoms with E-state index >= 15 is 0 Å². The fraction of sp³-hybridized carbons (Fsp3) is 0.500. The Kier molecular flexibility index (Phi) is 3.79. The Morgan fingerprint density at radius 3 is 2.82 bits per heavy atom. The number of aliphatic hydroxyl groups is 1. The zero-order valence-electron chi connectivity index (χ0n) is 10.6. The van der Waals surface area contributed by atoms with E-state index in [1.807, 2.05) is 6.07 Å². The summed E-state index contributed by atoms with van der Waals surface area (Å²) in [6, 6.07) is 8.25. The molecule has 0 saturated carbocycles. The maximum atomic E-state index is 9.05. The Labute approximate surface area is 102 Å². The molecule has 1 aromatic carbocycles. The van der Waals surface area contributed by atoms with Gasteiger partial charge in [0.1, 0.15) is 5.82 Å². The van der Waals surface area contributed by atoms with Crippen molar-refractivity contribution >= 4 is 11.0 Å². The standard InChI is InChI=1S/C14H20N2O/c1-3-16-13-7-5-4-6-12(13)15-14(16)9-8-11(2)10-17/h4-7,11,17H,3,8-10H2,1-2H3. The predicted molar refractivity (Wildman–Crippen MR) is 70.0 cm³/mol. The van der Waals surface area contributed by atoms with Gasteiger partial charge in [-0.25, -0.2) is 4.98 Å². The van der Waals surface area contributed by atoms with Gasteiger partial charge in [0.25, 0.3) is 0 Å². The Bertz CT molecular complexity index is 490. The largest absolute Gasteiger partial charge is 0.396 e. The van der Waals surface area contributed by atoms with Crippen molar-refractivity contribution in [1.29, 1.82) is 0 Å². The fourth-order valence-electron chi connectivity index (χ4n) is 2.14. The van der Waals surface area contributed by atoms with Gasteiger partial charge in [0.05, 0.1) is 11.0 Å². The van der Waals surface area contributed by atoms with E-state index in [0.29, 0.717) is 5.92 Å². The average molecular weight is 232 g/mol. The Balaban J connectivity index is 2.27. The van der Waals surface area contributed by atoms with Gasteiger partial charge in [-0.05, 0) is 31.4 Å². The molecule has 2 rings (SSSR count). The Morgan fingerprint density at radius 1 is 1.35 bits per heavy atom. The minimum atomic E-state index is 0.256. The first-order valence-corrected chi connectivity index (χ1v) is 6.31. The molecular formula is C14H20N2O. The number of aryl methyl sites for hydroxylation is 2. The summed E-state index contributed by atoms with van der Waals surface area (Å²) < 4.78 is 2.26. The number of para-hydroxylation sites is 2. The van der Waals surface area contributed by atoms with Crippen LogP contribution in [0.2, 0.25) is 0 Å². The first-order valence-electron chi connectivity index (χ1n) is 6.31. The minimum Gasteiger partial charge on any atom is -0.396 e. The van der Waals surface area contributed by atoms with Crippen molar-refractivity contribution in [3.63, 3.8) is 0 Å². The number of rotatable bonds is 5. The zero-order valence-corrected chi connectivity index (χ0v) is 10.6. The molecule has 0 aliphatic carbocycles. The zero-order chi connectivity index (χ0) is 12.3. The first kappa shape index (κ1) is 12.1. The number of hydrogen-bond donors (Lipinski definition) is 1. The number of hydrogen-bond acceptors (Lipinski definition) is 2. The highest BCUT2D eigenvalue weighted by Crippen LogP contribution is 2.18. The lowest BCUT2D eigenvalue weighted by atomic mass is 10.1. The molecule has 17 heavy (non-hydrogen) atoms. The van der Waals surface area contributed by atoms with E-state index in [-0.39, 0.29) is 6.61 Å². The predicted octanol–water partition coefficient (Wildman–Crippen LogP) is 2.62. The number of aromatic nitrogens is 2. The van der Waals surface area contributed by atoms with Crippen molar-refractivity contribution in [3.05, 3.63) is 30.1 Å². The maximum absolute atomic E-state index is 9.05. The van der Waals surface area contributed by atoms with E-state index in [0.717, 1.165) is 30.7 Å². The fourth-order valence-corrected chi connectivity index (χ4v) is 2.14. The summed E-state index contributed by atoms with van der Waals surface area (Å²) in [6.45, 7) is 5.42. The molecule has 1 aromatic heterocycles. The second kappa shape index (κ2) is 5.32. The monoisotopic (exact) mass is 232 g/mol. The van der Waals surface area contributed by atoms with Crippen LogP contribution < -0.4 is 0 Å². The molecule has 0 bridgehead atoms. The molecule has 92 valence electrons. The van der Waals surface area contributed by atoms with Crippen LogP contribution in [0.5, 0.6) is 0 Å². The smallest absolute Gasteiger partial charge is 0.109 e. The van der Waals surface area contributed by atoms with Gasteiger partial charge < -0.3 is 9.67 Å². The third kappa shape index (κ3) is 2.50. The van der Waals surface area contributed by atoms with Gasteiger partial charge in [-0.1, -0.05) is 19.1 Å². The number of imidazole rings is 1. The van der Waals surface area contributed by atoms with Crippen molar-refractivity contribution < 1.29 is 5.11 Å². The van der Waals surface area contributed by atoms with E-state index in [2.05, 4.69) is 41.6 Å². The van der Waals surface area contributed by atoms with Crippen LogP contribution in [-0.4, -0.2) is 21.3 Å². The van der Waals surface area contributed by atoms with Crippen LogP contribution in [0.1, 0.15) is 26.1 Å². The van der Waals surface area contributed by atoms with Gasteiger partial charge in [-0.15, -0.1) is 0 Å². The second-order valence-corrected chi connectivity index (χ2v) is 4.59. The quantitative estimate of drug-likeness (QED) is 0.860. The molecule has 0 aliphatic heterocycles. The van der Waals surface area contributed by atoms with Crippen LogP contribution in [0.25, 0.3) is 11.0 Å². The van der Waals surface area contributed by atoms with Crippen molar-refractivity contribution in [1.82, 2.24) is 9.55 Å². The number of aliphatic hydroxyl groups excluding tert-OH is 1. The number of nitrogens with zero attached hydrogens (tertiary/aromatic N) is 2. The topological polar surface area (TPSA) is 38.0 Å². The van der Waals surface area contributed by atoms with Crippen molar-refractivity contribution in [2.45, 2.75) is 33.2 Å². The molecule has 0 radical (unpaired) electrons. The molecule has 0 saturated heterocycles. The van der Waals surface area contributed by atoms with Gasteiger partial charge in [0.15, 0.2) is 0 Å². The molecule has 0 spiro atoms. The summed E-state index contributed by atoms with van der Waals surface area (Å²) in [7, 11) is 0. The molecule has 0 amide bonds. The van der Waals surface area contributed by atoms with Gasteiger partial charge in [-0.2, -0.15) is 0 Å². The van der Waals surface area contributed by atoms with E-state index in [1.54, 1.807) is 0 Å². The van der Waals surface area contributed by atoms with Crippen LogP contribution in [0.4, 0.5) is 0 Å². The van der Waals surface area contributed by atoms with Gasteiger partial charge in [0.2, 0.25) is 0 Å². The summed E-state index contributed by atoms with van der Waals surface area (Å²) in [6.07, 6.45) is 1.92. The lowest BCUT2D eigenvalue weighted by molar-refractivity contribution is 0.230. The minimum absolute atomic E-state index is 0.256. The molecule has 2 aromatic rings. The number of fused-ring (bicyclic) bond motifs is 1. The van der Waals surface area contributed by atoms with Crippen LogP contribution in [0.15, 0.2) is 24.3 Å². The lowest BCUT2D eigenvalue weighted by Crippen LogP contribution is -2.07. The summed E-state index contributed by atoms with van der Waals surface area (Å²) in [5.74, 6) is 1.48. The van der Waals surface area contributed by atoms with E-state index in [9.17, 15) is 0 Å². The second-order valence-electron chi connectivity index (χ2n) is 4.59. The van der Waals surface area contributed by atoms with Gasteiger partial charge in [0, 0.05) is 19.6 Å². The molecular weight excluding hydrogens is 212 g/mol. The Hall–Kier alpha value is -1.35. The molecule has 3 heteroatoms. The van der Waals surface area contributed by atoms with Crippen LogP contribution in [0, 0.1) is 5.92 Å². The highest BCUT2D eigenvalue weighted by molar-refractivity contribution is 5.75. The molecule has 0 fully saturated rings. The normalized spacial score (nSPS) is 13.1. The SMILES string of the molecule is CCn1c(CCC(C)CO)nc2ccccc21. The molecule has 1 N–H and O–H groups in total. The van der Waals surface area contributed by atoms with Crippen LogP contribution in [0.3, 0.4) is 0 Å². The highest BCUT2D eigenvalue weighted by Gasteiger charge is 2.10. The summed E-state index contributed by atoms with van der Waals surface area (Å²) in [5, 5.41) is 9.05. The molecule has 3 nitrogen and oxygen atoms in total. The summed E-state index contributed by atoms with van der Waals surface area (Å²) in [5.41, 5.74) is 2.28.